The van der Waals surface area contributed by atoms with E-state index in [9.17, 15) is 18.0 Å². The molecular weight excluding hydrogens is 529 g/mol. The Kier molecular flexibility index (Phi) is 9.35. The molecular formula is C26H29F3N8O3. The molecule has 0 fully saturated rings. The number of fused-ring (bicyclic) bond motifs is 1. The number of aromatic nitrogens is 4. The molecule has 0 atom stereocenters. The normalized spacial score (nSPS) is 11.6. The zero-order chi connectivity index (χ0) is 28.5. The topological polar surface area (TPSA) is 166 Å². The third-order valence-electron chi connectivity index (χ3n) is 5.83. The van der Waals surface area contributed by atoms with E-state index in [-0.39, 0.29) is 12.1 Å². The van der Waals surface area contributed by atoms with Gasteiger partial charge in [-0.05, 0) is 66.9 Å². The van der Waals surface area contributed by atoms with Gasteiger partial charge in [0.2, 0.25) is 5.91 Å². The number of nitrogens with zero attached hydrogens (tertiary/aromatic N) is 3. The maximum absolute atomic E-state index is 12.6. The number of ether oxygens (including phenoxy) is 2. The van der Waals surface area contributed by atoms with Crippen molar-refractivity contribution >= 4 is 28.3 Å². The van der Waals surface area contributed by atoms with Crippen LogP contribution in [0.2, 0.25) is 0 Å². The van der Waals surface area contributed by atoms with Gasteiger partial charge in [-0.2, -0.15) is 10.2 Å². The van der Waals surface area contributed by atoms with Gasteiger partial charge in [-0.3, -0.25) is 9.89 Å². The number of anilines is 2. The average molecular weight is 559 g/mol. The van der Waals surface area contributed by atoms with Crippen molar-refractivity contribution in [2.45, 2.75) is 25.7 Å². The second-order valence-electron chi connectivity index (χ2n) is 8.92. The zero-order valence-corrected chi connectivity index (χ0v) is 21.4. The highest BCUT2D eigenvalue weighted by Gasteiger charge is 2.31. The molecule has 0 aliphatic heterocycles. The minimum absolute atomic E-state index is 0.0557. The minimum Gasteiger partial charge on any atom is -0.406 e. The third kappa shape index (κ3) is 8.28. The summed E-state index contributed by atoms with van der Waals surface area (Å²) in [5.74, 6) is -0.984. The van der Waals surface area contributed by atoms with Gasteiger partial charge in [0.1, 0.15) is 11.6 Å². The van der Waals surface area contributed by atoms with E-state index in [1.54, 1.807) is 18.5 Å². The highest BCUT2D eigenvalue weighted by atomic mass is 19.4. The minimum atomic E-state index is -4.86. The standard InChI is InChI=1S/C26H29F3N8O3/c27-26(28,29)40-20-8-16(7-18(9-20)25(31)38)13-32-3-1-2-5-39-6-4-33-22-10-17(11-23-21(22)15-35-36-23)19-12-24(30)37-34-14-19/h7-12,14-15,32-33H,1-6,13H2,(H2,30,37)(H2,31,38)(H,35,36). The van der Waals surface area contributed by atoms with Gasteiger partial charge < -0.3 is 31.6 Å². The van der Waals surface area contributed by atoms with Crippen molar-refractivity contribution in [3.63, 3.8) is 0 Å². The van der Waals surface area contributed by atoms with Crippen LogP contribution in [-0.2, 0) is 11.3 Å². The van der Waals surface area contributed by atoms with Crippen LogP contribution in [0.25, 0.3) is 22.0 Å². The maximum atomic E-state index is 12.6. The van der Waals surface area contributed by atoms with E-state index in [4.69, 9.17) is 16.2 Å². The van der Waals surface area contributed by atoms with Crippen molar-refractivity contribution < 1.29 is 27.4 Å². The number of alkyl halides is 3. The second-order valence-corrected chi connectivity index (χ2v) is 8.92. The summed E-state index contributed by atoms with van der Waals surface area (Å²) in [6.07, 6.45) is 0.110. The number of nitrogen functional groups attached to an aromatic ring is 1. The first kappa shape index (κ1) is 28.6. The van der Waals surface area contributed by atoms with Crippen molar-refractivity contribution in [1.29, 1.82) is 0 Å². The number of primary amides is 1. The molecule has 0 aliphatic carbocycles. The summed E-state index contributed by atoms with van der Waals surface area (Å²) in [7, 11) is 0. The van der Waals surface area contributed by atoms with Crippen molar-refractivity contribution in [2.24, 2.45) is 5.73 Å². The van der Waals surface area contributed by atoms with Crippen LogP contribution in [0.1, 0.15) is 28.8 Å². The second kappa shape index (κ2) is 13.1. The third-order valence-corrected chi connectivity index (χ3v) is 5.83. The van der Waals surface area contributed by atoms with E-state index in [1.807, 2.05) is 12.1 Å². The molecule has 40 heavy (non-hydrogen) atoms. The van der Waals surface area contributed by atoms with Gasteiger partial charge in [-0.1, -0.05) is 0 Å². The summed E-state index contributed by atoms with van der Waals surface area (Å²) >= 11 is 0. The Labute approximate surface area is 227 Å². The molecule has 212 valence electrons. The molecule has 0 saturated carbocycles. The molecule has 4 aromatic rings. The van der Waals surface area contributed by atoms with Crippen LogP contribution in [0, 0.1) is 0 Å². The fraction of sp³-hybridized carbons (Fsp3) is 0.308. The Morgan fingerprint density at radius 1 is 1.00 bits per heavy atom. The number of halogens is 3. The lowest BCUT2D eigenvalue weighted by Crippen LogP contribution is -2.20. The number of unbranched alkanes of at least 4 members (excludes halogenated alkanes) is 1. The highest BCUT2D eigenvalue weighted by molar-refractivity contribution is 5.95. The molecule has 0 radical (unpaired) electrons. The first-order valence-corrected chi connectivity index (χ1v) is 12.5. The number of nitrogens with two attached hydrogens (primary N) is 2. The number of carbonyl (C=O) groups excluding carboxylic acids is 1. The molecule has 2 heterocycles. The van der Waals surface area contributed by atoms with Crippen molar-refractivity contribution in [2.75, 3.05) is 37.4 Å². The predicted molar refractivity (Wildman–Crippen MR) is 143 cm³/mol. The SMILES string of the molecule is NC(=O)c1cc(CNCCCCOCCNc2cc(-c3cnnc(N)c3)cc3[nH]ncc23)cc(OC(F)(F)F)c1. The van der Waals surface area contributed by atoms with E-state index in [2.05, 4.69) is 35.8 Å². The summed E-state index contributed by atoms with van der Waals surface area (Å²) in [5.41, 5.74) is 14.9. The van der Waals surface area contributed by atoms with Gasteiger partial charge in [-0.15, -0.1) is 18.3 Å². The summed E-state index contributed by atoms with van der Waals surface area (Å²) < 4.78 is 47.3. The average Bonchev–Trinajstić information content (AvgIpc) is 3.37. The molecule has 1 amide bonds. The molecule has 0 spiro atoms. The van der Waals surface area contributed by atoms with E-state index >= 15 is 0 Å². The molecule has 0 saturated heterocycles. The van der Waals surface area contributed by atoms with E-state index < -0.39 is 18.0 Å². The number of carbonyl (C=O) groups is 1. The highest BCUT2D eigenvalue weighted by Crippen LogP contribution is 2.30. The summed E-state index contributed by atoms with van der Waals surface area (Å²) in [6, 6.07) is 9.35. The van der Waals surface area contributed by atoms with E-state index in [0.29, 0.717) is 37.7 Å². The van der Waals surface area contributed by atoms with Gasteiger partial charge in [0.15, 0.2) is 0 Å². The molecule has 4 rings (SSSR count). The lowest BCUT2D eigenvalue weighted by Gasteiger charge is -2.12. The van der Waals surface area contributed by atoms with Crippen LogP contribution in [-0.4, -0.2) is 59.0 Å². The van der Waals surface area contributed by atoms with Crippen molar-refractivity contribution in [3.8, 4) is 16.9 Å². The largest absolute Gasteiger partial charge is 0.573 e. The zero-order valence-electron chi connectivity index (χ0n) is 21.4. The Morgan fingerprint density at radius 3 is 2.62 bits per heavy atom. The predicted octanol–water partition coefficient (Wildman–Crippen LogP) is 3.60. The molecule has 14 heteroatoms. The van der Waals surface area contributed by atoms with Crippen LogP contribution in [0.4, 0.5) is 24.7 Å². The smallest absolute Gasteiger partial charge is 0.406 e. The van der Waals surface area contributed by atoms with Crippen LogP contribution in [0.3, 0.4) is 0 Å². The number of H-pyrrole nitrogens is 1. The Bertz CT molecular complexity index is 1440. The van der Waals surface area contributed by atoms with Crippen molar-refractivity contribution in [3.05, 3.63) is 59.9 Å². The van der Waals surface area contributed by atoms with E-state index in [0.717, 1.165) is 46.6 Å². The Balaban J connectivity index is 1.16. The van der Waals surface area contributed by atoms with Crippen LogP contribution in [0.5, 0.6) is 5.75 Å². The van der Waals surface area contributed by atoms with Crippen molar-refractivity contribution in [1.82, 2.24) is 25.7 Å². The van der Waals surface area contributed by atoms with Crippen LogP contribution >= 0.6 is 0 Å². The fourth-order valence-corrected chi connectivity index (χ4v) is 4.05. The first-order chi connectivity index (χ1) is 19.2. The summed E-state index contributed by atoms with van der Waals surface area (Å²) in [4.78, 5) is 11.4. The van der Waals surface area contributed by atoms with Gasteiger partial charge >= 0.3 is 6.36 Å². The fourth-order valence-electron chi connectivity index (χ4n) is 4.05. The molecule has 11 nitrogen and oxygen atoms in total. The van der Waals surface area contributed by atoms with Gasteiger partial charge in [0.25, 0.3) is 0 Å². The Morgan fingerprint density at radius 2 is 1.85 bits per heavy atom. The first-order valence-electron chi connectivity index (χ1n) is 12.5. The number of aromatic amines is 1. The molecule has 0 bridgehead atoms. The quantitative estimate of drug-likeness (QED) is 0.145. The molecule has 0 unspecified atom stereocenters. The van der Waals surface area contributed by atoms with E-state index in [1.165, 1.54) is 12.1 Å². The molecule has 7 N–H and O–H groups in total. The lowest BCUT2D eigenvalue weighted by molar-refractivity contribution is -0.274. The van der Waals surface area contributed by atoms with Gasteiger partial charge in [0.05, 0.1) is 24.5 Å². The number of nitrogens with one attached hydrogen (secondary N) is 3. The molecule has 0 aliphatic rings. The maximum Gasteiger partial charge on any atom is 0.573 e. The molecule has 2 aromatic heterocycles. The van der Waals surface area contributed by atoms with Gasteiger partial charge in [0, 0.05) is 41.9 Å². The van der Waals surface area contributed by atoms with Gasteiger partial charge in [-0.25, -0.2) is 0 Å². The monoisotopic (exact) mass is 558 g/mol. The van der Waals surface area contributed by atoms with Crippen LogP contribution in [0.15, 0.2) is 48.8 Å². The number of benzene rings is 2. The summed E-state index contributed by atoms with van der Waals surface area (Å²) in [6.45, 7) is 2.48. The number of hydrogen-bond donors (Lipinski definition) is 5. The Hall–Kier alpha value is -4.43. The lowest BCUT2D eigenvalue weighted by atomic mass is 10.0. The van der Waals surface area contributed by atoms with Crippen LogP contribution < -0.4 is 26.8 Å². The number of rotatable bonds is 14. The number of amides is 1. The molecule has 2 aromatic carbocycles. The number of hydrogen-bond acceptors (Lipinski definition) is 9. The summed E-state index contributed by atoms with van der Waals surface area (Å²) in [5, 5.41) is 22.3.